The molecule has 0 spiro atoms. The van der Waals surface area contributed by atoms with Crippen molar-refractivity contribution in [1.82, 2.24) is 23.6 Å². The van der Waals surface area contributed by atoms with Crippen LogP contribution >= 0.6 is 0 Å². The van der Waals surface area contributed by atoms with Gasteiger partial charge in [-0.3, -0.25) is 18.8 Å². The van der Waals surface area contributed by atoms with E-state index in [0.717, 1.165) is 16.9 Å². The number of hydrogen-bond donors (Lipinski definition) is 0. The summed E-state index contributed by atoms with van der Waals surface area (Å²) in [5.41, 5.74) is 0.261. The van der Waals surface area contributed by atoms with Crippen molar-refractivity contribution in [2.24, 2.45) is 14.1 Å². The van der Waals surface area contributed by atoms with Crippen LogP contribution in [0.1, 0.15) is 32.0 Å². The average molecular weight is 349 g/mol. The Morgan fingerprint density at radius 1 is 1.20 bits per heavy atom. The molecule has 8 nitrogen and oxygen atoms in total. The number of aromatic nitrogens is 4. The van der Waals surface area contributed by atoms with Crippen molar-refractivity contribution in [3.8, 4) is 0 Å². The molecule has 1 aliphatic rings. The van der Waals surface area contributed by atoms with Gasteiger partial charge in [-0.05, 0) is 26.3 Å². The van der Waals surface area contributed by atoms with Gasteiger partial charge in [0.25, 0.3) is 5.56 Å². The highest BCUT2D eigenvalue weighted by atomic mass is 16.5. The van der Waals surface area contributed by atoms with Crippen LogP contribution in [0.25, 0.3) is 11.2 Å². The molecule has 8 heteroatoms. The first kappa shape index (κ1) is 17.9. The molecular formula is C17H27N5O3. The van der Waals surface area contributed by atoms with E-state index in [1.807, 2.05) is 4.57 Å². The van der Waals surface area contributed by atoms with Gasteiger partial charge in [0.1, 0.15) is 5.82 Å². The van der Waals surface area contributed by atoms with E-state index in [0.29, 0.717) is 36.9 Å². The lowest BCUT2D eigenvalue weighted by Crippen LogP contribution is -2.38. The van der Waals surface area contributed by atoms with Crippen LogP contribution < -0.4 is 11.2 Å². The Morgan fingerprint density at radius 3 is 2.64 bits per heavy atom. The van der Waals surface area contributed by atoms with Crippen molar-refractivity contribution in [2.75, 3.05) is 20.3 Å². The summed E-state index contributed by atoms with van der Waals surface area (Å²) in [4.78, 5) is 32.0. The maximum atomic E-state index is 12.7. The molecule has 1 fully saturated rings. The fourth-order valence-electron chi connectivity index (χ4n) is 3.61. The van der Waals surface area contributed by atoms with Crippen molar-refractivity contribution in [3.05, 3.63) is 26.7 Å². The van der Waals surface area contributed by atoms with Crippen LogP contribution in [-0.4, -0.2) is 49.9 Å². The fourth-order valence-corrected chi connectivity index (χ4v) is 3.61. The number of imidazole rings is 1. The Bertz CT molecular complexity index is 879. The highest BCUT2D eigenvalue weighted by Crippen LogP contribution is 2.20. The first-order valence-corrected chi connectivity index (χ1v) is 8.83. The standard InChI is InChI=1S/C17H27N5O3/c1-12-7-5-6-8-21(12)11-13-18-15-14(22(13)9-10-25-4)16(23)20(3)17(24)19(15)2/h12H,5-11H2,1-4H3/t12-/m0/s1. The largest absolute Gasteiger partial charge is 0.383 e. The average Bonchev–Trinajstić information content (AvgIpc) is 2.96. The van der Waals surface area contributed by atoms with Crippen molar-refractivity contribution in [2.45, 2.75) is 45.3 Å². The monoisotopic (exact) mass is 349 g/mol. The fraction of sp³-hybridized carbons (Fsp3) is 0.706. The Morgan fingerprint density at radius 2 is 1.96 bits per heavy atom. The lowest BCUT2D eigenvalue weighted by atomic mass is 10.0. The number of rotatable bonds is 5. The molecule has 0 aliphatic carbocycles. The van der Waals surface area contributed by atoms with Crippen LogP contribution in [0.5, 0.6) is 0 Å². The third kappa shape index (κ3) is 3.16. The molecule has 3 rings (SSSR count). The molecule has 0 amide bonds. The number of likely N-dealkylation sites (tertiary alicyclic amines) is 1. The van der Waals surface area contributed by atoms with E-state index >= 15 is 0 Å². The van der Waals surface area contributed by atoms with Gasteiger partial charge < -0.3 is 9.30 Å². The van der Waals surface area contributed by atoms with E-state index in [-0.39, 0.29) is 11.2 Å². The summed E-state index contributed by atoms with van der Waals surface area (Å²) in [6.07, 6.45) is 3.62. The molecule has 1 atom stereocenters. The molecule has 3 heterocycles. The predicted octanol–water partition coefficient (Wildman–Crippen LogP) is 0.455. The molecule has 25 heavy (non-hydrogen) atoms. The second-order valence-electron chi connectivity index (χ2n) is 6.87. The topological polar surface area (TPSA) is 74.3 Å². The Balaban J connectivity index is 2.13. The smallest absolute Gasteiger partial charge is 0.332 e. The molecular weight excluding hydrogens is 322 g/mol. The van der Waals surface area contributed by atoms with Crippen molar-refractivity contribution >= 4 is 11.2 Å². The van der Waals surface area contributed by atoms with Gasteiger partial charge in [-0.1, -0.05) is 6.42 Å². The third-order valence-corrected chi connectivity index (χ3v) is 5.23. The van der Waals surface area contributed by atoms with E-state index in [1.165, 1.54) is 30.9 Å². The zero-order valence-electron chi connectivity index (χ0n) is 15.5. The first-order chi connectivity index (χ1) is 12.0. The highest BCUT2D eigenvalue weighted by molar-refractivity contribution is 5.71. The Hall–Kier alpha value is -1.93. The summed E-state index contributed by atoms with van der Waals surface area (Å²) in [6, 6.07) is 0.496. The van der Waals surface area contributed by atoms with Crippen LogP contribution in [0.3, 0.4) is 0 Å². The first-order valence-electron chi connectivity index (χ1n) is 8.83. The normalized spacial score (nSPS) is 19.0. The summed E-state index contributed by atoms with van der Waals surface area (Å²) in [6.45, 7) is 4.97. The zero-order chi connectivity index (χ0) is 18.1. The van der Waals surface area contributed by atoms with Gasteiger partial charge in [0, 0.05) is 33.8 Å². The molecule has 1 aliphatic heterocycles. The summed E-state index contributed by atoms with van der Waals surface area (Å²) < 4.78 is 9.72. The molecule has 1 saturated heterocycles. The second-order valence-corrected chi connectivity index (χ2v) is 6.87. The van der Waals surface area contributed by atoms with E-state index in [1.54, 1.807) is 14.2 Å². The Labute approximate surface area is 146 Å². The van der Waals surface area contributed by atoms with E-state index in [4.69, 9.17) is 4.74 Å². The minimum absolute atomic E-state index is 0.306. The summed E-state index contributed by atoms with van der Waals surface area (Å²) in [5.74, 6) is 0.819. The van der Waals surface area contributed by atoms with Gasteiger partial charge >= 0.3 is 5.69 Å². The van der Waals surface area contributed by atoms with Crippen LogP contribution in [0.2, 0.25) is 0 Å². The summed E-state index contributed by atoms with van der Waals surface area (Å²) in [7, 11) is 4.80. The minimum atomic E-state index is -0.355. The second kappa shape index (κ2) is 7.13. The summed E-state index contributed by atoms with van der Waals surface area (Å²) in [5, 5.41) is 0. The molecule has 0 aromatic carbocycles. The number of aryl methyl sites for hydroxylation is 1. The number of piperidine rings is 1. The van der Waals surface area contributed by atoms with Gasteiger partial charge in [0.2, 0.25) is 0 Å². The van der Waals surface area contributed by atoms with E-state index in [9.17, 15) is 9.59 Å². The lowest BCUT2D eigenvalue weighted by molar-refractivity contribution is 0.144. The number of fused-ring (bicyclic) bond motifs is 1. The molecule has 0 unspecified atom stereocenters. The minimum Gasteiger partial charge on any atom is -0.383 e. The number of nitrogens with zero attached hydrogens (tertiary/aromatic N) is 5. The molecule has 0 radical (unpaired) electrons. The zero-order valence-corrected chi connectivity index (χ0v) is 15.5. The lowest BCUT2D eigenvalue weighted by Gasteiger charge is -2.33. The predicted molar refractivity (Wildman–Crippen MR) is 95.8 cm³/mol. The summed E-state index contributed by atoms with van der Waals surface area (Å²) >= 11 is 0. The van der Waals surface area contributed by atoms with Gasteiger partial charge in [-0.15, -0.1) is 0 Å². The molecule has 2 aromatic heterocycles. The van der Waals surface area contributed by atoms with Gasteiger partial charge in [-0.25, -0.2) is 9.78 Å². The van der Waals surface area contributed by atoms with Crippen LogP contribution in [0.4, 0.5) is 0 Å². The maximum absolute atomic E-state index is 12.7. The van der Waals surface area contributed by atoms with Crippen LogP contribution in [-0.2, 0) is 31.9 Å². The number of hydrogen-bond acceptors (Lipinski definition) is 5. The quantitative estimate of drug-likeness (QED) is 0.784. The molecule has 0 N–H and O–H groups in total. The number of ether oxygens (including phenoxy) is 1. The highest BCUT2D eigenvalue weighted by Gasteiger charge is 2.23. The maximum Gasteiger partial charge on any atom is 0.332 e. The van der Waals surface area contributed by atoms with Crippen molar-refractivity contribution in [1.29, 1.82) is 0 Å². The molecule has 138 valence electrons. The number of methoxy groups -OCH3 is 1. The third-order valence-electron chi connectivity index (χ3n) is 5.23. The van der Waals surface area contributed by atoms with Gasteiger partial charge in [0.05, 0.1) is 13.2 Å². The van der Waals surface area contributed by atoms with Crippen LogP contribution in [0, 0.1) is 0 Å². The van der Waals surface area contributed by atoms with E-state index < -0.39 is 0 Å². The Kier molecular flexibility index (Phi) is 5.10. The van der Waals surface area contributed by atoms with Crippen molar-refractivity contribution in [3.63, 3.8) is 0 Å². The van der Waals surface area contributed by atoms with Crippen LogP contribution in [0.15, 0.2) is 9.59 Å². The van der Waals surface area contributed by atoms with Gasteiger partial charge in [-0.2, -0.15) is 0 Å². The van der Waals surface area contributed by atoms with E-state index in [2.05, 4.69) is 16.8 Å². The molecule has 0 bridgehead atoms. The molecule has 2 aromatic rings. The van der Waals surface area contributed by atoms with Crippen molar-refractivity contribution < 1.29 is 4.74 Å². The molecule has 0 saturated carbocycles. The SMILES string of the molecule is COCCn1c(CN2CCCC[C@@H]2C)nc2c1c(=O)n(C)c(=O)n2C. The van der Waals surface area contributed by atoms with Gasteiger partial charge in [0.15, 0.2) is 11.2 Å².